The van der Waals surface area contributed by atoms with Crippen molar-refractivity contribution in [3.63, 3.8) is 0 Å². The van der Waals surface area contributed by atoms with E-state index in [1.165, 1.54) is 7.11 Å². The van der Waals surface area contributed by atoms with Crippen LogP contribution in [0, 0.1) is 39.9 Å². The first-order valence-corrected chi connectivity index (χ1v) is 18.8. The van der Waals surface area contributed by atoms with Gasteiger partial charge in [-0.3, -0.25) is 9.59 Å². The molecule has 0 saturated heterocycles. The Balaban J connectivity index is 1.69. The summed E-state index contributed by atoms with van der Waals surface area (Å²) in [5.74, 6) is -4.05. The second-order valence-corrected chi connectivity index (χ2v) is 19.8. The Kier molecular flexibility index (Phi) is 8.33. The fourth-order valence-corrected chi connectivity index (χ4v) is 14.1. The van der Waals surface area contributed by atoms with Gasteiger partial charge in [-0.1, -0.05) is 41.5 Å². The number of aliphatic hydroxyl groups excluding tert-OH is 2. The smallest absolute Gasteiger partial charge is 0.305 e. The molecular weight excluding hydrogens is 584 g/mol. The molecule has 5 unspecified atom stereocenters. The number of carbonyl (C=O) groups excluding carboxylic acids is 1. The number of carboxylic acid groups (broad SMARTS) is 1. The lowest BCUT2D eigenvalue weighted by molar-refractivity contribution is -0.356. The number of esters is 1. The van der Waals surface area contributed by atoms with E-state index >= 15 is 0 Å². The first-order valence-electron chi connectivity index (χ1n) is 16.3. The summed E-state index contributed by atoms with van der Waals surface area (Å²) in [4.78, 5) is 25.4. The molecule has 0 aromatic carbocycles. The van der Waals surface area contributed by atoms with Gasteiger partial charge in [-0.2, -0.15) is 0 Å². The zero-order chi connectivity index (χ0) is 32.7. The van der Waals surface area contributed by atoms with E-state index in [1.54, 1.807) is 19.5 Å². The molecule has 4 aliphatic rings. The second-order valence-electron chi connectivity index (χ2n) is 15.1. The summed E-state index contributed by atoms with van der Waals surface area (Å²) in [5, 5.41) is 59.2. The molecule has 2 bridgehead atoms. The number of carbonyl (C=O) groups is 2. The molecule has 12 atom stereocenters. The van der Waals surface area contributed by atoms with Crippen molar-refractivity contribution in [1.29, 1.82) is 0 Å². The summed E-state index contributed by atoms with van der Waals surface area (Å²) < 4.78 is 17.8. The fraction of sp³-hybridized carbons (Fsp3) is 0.818. The quantitative estimate of drug-likeness (QED) is 0.175. The molecule has 1 aromatic heterocycles. The molecule has 0 amide bonds. The lowest BCUT2D eigenvalue weighted by Gasteiger charge is -2.70. The molecule has 4 saturated carbocycles. The number of fused-ring (bicyclic) bond motifs is 3. The Bertz CT molecular complexity index is 1240. The number of methoxy groups -OCH3 is 1. The SMILES string of the molecule is CC[Si](CC)(CC)O[C@@H](c1ccoc1)[C@]1(C)CCC2C(C1CC(=O)O)[C@H](O)[C@@]1(O)C(O)[C@]3(C)C[C@]1(O)C2(C)[C@H]3CC(=O)OC. The van der Waals surface area contributed by atoms with Gasteiger partial charge in [-0.25, -0.2) is 0 Å². The second kappa shape index (κ2) is 10.9. The summed E-state index contributed by atoms with van der Waals surface area (Å²) in [6.45, 7) is 12.1. The molecule has 0 radical (unpaired) electrons. The average molecular weight is 637 g/mol. The largest absolute Gasteiger partial charge is 0.481 e. The molecule has 5 N–H and O–H groups in total. The van der Waals surface area contributed by atoms with Gasteiger partial charge in [0.2, 0.25) is 0 Å². The number of hydrogen-bond donors (Lipinski definition) is 5. The van der Waals surface area contributed by atoms with Crippen LogP contribution in [0.15, 0.2) is 23.0 Å². The van der Waals surface area contributed by atoms with Crippen molar-refractivity contribution in [2.75, 3.05) is 7.11 Å². The molecule has 10 nitrogen and oxygen atoms in total. The topological polar surface area (TPSA) is 167 Å². The van der Waals surface area contributed by atoms with Crippen LogP contribution in [0.2, 0.25) is 18.1 Å². The van der Waals surface area contributed by atoms with Crippen molar-refractivity contribution in [3.05, 3.63) is 24.2 Å². The molecule has 0 spiro atoms. The highest BCUT2D eigenvalue weighted by Crippen LogP contribution is 2.80. The minimum Gasteiger partial charge on any atom is -0.481 e. The highest BCUT2D eigenvalue weighted by Gasteiger charge is 2.89. The molecule has 11 heteroatoms. The van der Waals surface area contributed by atoms with Crippen molar-refractivity contribution >= 4 is 20.3 Å². The third kappa shape index (κ3) is 4.08. The maximum absolute atomic E-state index is 12.8. The summed E-state index contributed by atoms with van der Waals surface area (Å²) in [7, 11) is -0.955. The number of aliphatic hydroxyl groups is 4. The molecule has 1 aromatic rings. The number of carboxylic acids is 1. The normalized spacial score (nSPS) is 45.2. The third-order valence-electron chi connectivity index (χ3n) is 13.8. The van der Waals surface area contributed by atoms with Gasteiger partial charge in [-0.15, -0.1) is 0 Å². The molecule has 5 rings (SSSR count). The van der Waals surface area contributed by atoms with Crippen LogP contribution in [0.5, 0.6) is 0 Å². The monoisotopic (exact) mass is 636 g/mol. The van der Waals surface area contributed by atoms with E-state index < -0.39 is 89.7 Å². The van der Waals surface area contributed by atoms with Crippen molar-refractivity contribution < 1.29 is 48.7 Å². The van der Waals surface area contributed by atoms with Crippen LogP contribution in [-0.2, 0) is 18.8 Å². The average Bonchev–Trinajstić information content (AvgIpc) is 3.63. The first-order chi connectivity index (χ1) is 20.5. The maximum Gasteiger partial charge on any atom is 0.305 e. The number of furan rings is 1. The van der Waals surface area contributed by atoms with Gasteiger partial charge in [0.1, 0.15) is 11.2 Å². The van der Waals surface area contributed by atoms with Crippen LogP contribution in [0.1, 0.15) is 85.3 Å². The molecule has 248 valence electrons. The summed E-state index contributed by atoms with van der Waals surface area (Å²) in [6, 6.07) is 4.50. The Morgan fingerprint density at radius 3 is 2.25 bits per heavy atom. The standard InChI is InChI=1S/C33H52O10Si/c1-8-44(9-2,10-3)43-27(19-12-14-42-17-19)29(4)13-11-20-25(21(29)15-23(34)35)26(37)33(40)28(38)30(5)18-32(33,39)31(20,6)22(30)16-24(36)41-7/h12,14,17,20-22,25-28,37-40H,8-11,13,15-16,18H2,1-7H3,(H,34,35)/t20?,21?,22-,25?,26-,27-,28?,29+,30+,31?,32-,33+/m0/s1. The van der Waals surface area contributed by atoms with Crippen molar-refractivity contribution in [1.82, 2.24) is 0 Å². The van der Waals surface area contributed by atoms with Gasteiger partial charge in [-0.05, 0) is 67.1 Å². The molecule has 0 aliphatic heterocycles. The van der Waals surface area contributed by atoms with Crippen LogP contribution in [0.3, 0.4) is 0 Å². The highest BCUT2D eigenvalue weighted by molar-refractivity contribution is 6.73. The van der Waals surface area contributed by atoms with E-state index in [4.69, 9.17) is 13.6 Å². The van der Waals surface area contributed by atoms with E-state index in [0.29, 0.717) is 12.8 Å². The molecule has 1 heterocycles. The Labute approximate surface area is 261 Å². The zero-order valence-corrected chi connectivity index (χ0v) is 28.2. The van der Waals surface area contributed by atoms with E-state index in [-0.39, 0.29) is 19.3 Å². The van der Waals surface area contributed by atoms with Crippen LogP contribution in [-0.4, -0.2) is 76.3 Å². The first kappa shape index (κ1) is 33.6. The minimum absolute atomic E-state index is 0.00927. The van der Waals surface area contributed by atoms with E-state index in [2.05, 4.69) is 20.8 Å². The van der Waals surface area contributed by atoms with E-state index in [9.17, 15) is 35.1 Å². The minimum atomic E-state index is -2.32. The molecule has 4 aliphatic carbocycles. The Morgan fingerprint density at radius 2 is 1.73 bits per heavy atom. The van der Waals surface area contributed by atoms with Crippen LogP contribution in [0.4, 0.5) is 0 Å². The van der Waals surface area contributed by atoms with E-state index in [1.807, 2.05) is 19.9 Å². The number of rotatable bonds is 11. The van der Waals surface area contributed by atoms with Crippen LogP contribution >= 0.6 is 0 Å². The number of ether oxygens (including phenoxy) is 1. The van der Waals surface area contributed by atoms with E-state index in [0.717, 1.165) is 23.7 Å². The molecule has 44 heavy (non-hydrogen) atoms. The van der Waals surface area contributed by atoms with Crippen LogP contribution in [0.25, 0.3) is 0 Å². The predicted octanol–water partition coefficient (Wildman–Crippen LogP) is 4.27. The Hall–Kier alpha value is -1.76. The highest BCUT2D eigenvalue weighted by atomic mass is 28.4. The number of hydrogen-bond acceptors (Lipinski definition) is 9. The fourth-order valence-electron chi connectivity index (χ4n) is 11.2. The zero-order valence-electron chi connectivity index (χ0n) is 27.2. The summed E-state index contributed by atoms with van der Waals surface area (Å²) in [6.07, 6.45) is 0.224. The summed E-state index contributed by atoms with van der Waals surface area (Å²) >= 11 is 0. The number of aliphatic carboxylic acids is 1. The van der Waals surface area contributed by atoms with Gasteiger partial charge in [0, 0.05) is 34.7 Å². The van der Waals surface area contributed by atoms with Crippen molar-refractivity contribution in [2.24, 2.45) is 39.9 Å². The van der Waals surface area contributed by atoms with Gasteiger partial charge in [0.15, 0.2) is 8.32 Å². The lowest BCUT2D eigenvalue weighted by atomic mass is 9.37. The molecule has 4 fully saturated rings. The van der Waals surface area contributed by atoms with Crippen LogP contribution < -0.4 is 0 Å². The van der Waals surface area contributed by atoms with Gasteiger partial charge in [0.05, 0.1) is 37.9 Å². The Morgan fingerprint density at radius 1 is 1.09 bits per heavy atom. The van der Waals surface area contributed by atoms with Crippen molar-refractivity contribution in [2.45, 2.75) is 121 Å². The third-order valence-corrected chi connectivity index (χ3v) is 18.4. The summed E-state index contributed by atoms with van der Waals surface area (Å²) in [5.41, 5.74) is -6.41. The lowest BCUT2D eigenvalue weighted by Crippen LogP contribution is -2.81. The predicted molar refractivity (Wildman–Crippen MR) is 163 cm³/mol. The van der Waals surface area contributed by atoms with Gasteiger partial charge >= 0.3 is 11.9 Å². The molecular formula is C33H52O10Si. The van der Waals surface area contributed by atoms with Gasteiger partial charge < -0.3 is 39.1 Å². The van der Waals surface area contributed by atoms with Gasteiger partial charge in [0.25, 0.3) is 0 Å². The maximum atomic E-state index is 12.8. The van der Waals surface area contributed by atoms with Crippen molar-refractivity contribution in [3.8, 4) is 0 Å².